The number of fused-ring (bicyclic) bond motifs is 1. The van der Waals surface area contributed by atoms with Crippen molar-refractivity contribution in [2.45, 2.75) is 25.7 Å². The van der Waals surface area contributed by atoms with E-state index in [1.54, 1.807) is 41.6 Å². The molecule has 1 saturated heterocycles. The minimum atomic E-state index is -0.757. The highest BCUT2D eigenvalue weighted by Gasteiger charge is 2.43. The number of nitrogens with zero attached hydrogens (tertiary/aromatic N) is 2. The highest BCUT2D eigenvalue weighted by molar-refractivity contribution is 6.31. The van der Waals surface area contributed by atoms with Crippen molar-refractivity contribution >= 4 is 34.4 Å². The molecule has 224 valence electrons. The van der Waals surface area contributed by atoms with Crippen LogP contribution in [0.25, 0.3) is 33.3 Å². The number of pyridine rings is 1. The van der Waals surface area contributed by atoms with Gasteiger partial charge in [-0.1, -0.05) is 48.0 Å². The lowest BCUT2D eigenvalue weighted by atomic mass is 9.73. The molecule has 44 heavy (non-hydrogen) atoms. The maximum atomic E-state index is 13.4. The number of phenols is 1. The monoisotopic (exact) mass is 611 g/mol. The van der Waals surface area contributed by atoms with Crippen LogP contribution < -0.4 is 0 Å². The first-order chi connectivity index (χ1) is 21.2. The van der Waals surface area contributed by atoms with E-state index in [2.05, 4.69) is 9.97 Å². The lowest BCUT2D eigenvalue weighted by Crippen LogP contribution is -2.48. The first-order valence-corrected chi connectivity index (χ1v) is 14.8. The molecule has 5 aromatic rings. The largest absolute Gasteiger partial charge is 0.507 e. The smallest absolute Gasteiger partial charge is 0.312 e. The number of amides is 1. The van der Waals surface area contributed by atoms with E-state index in [9.17, 15) is 19.1 Å². The van der Waals surface area contributed by atoms with Gasteiger partial charge in [0, 0.05) is 40.8 Å². The number of aromatic amines is 1. The number of hydrogen-bond acceptors (Lipinski definition) is 5. The van der Waals surface area contributed by atoms with Crippen molar-refractivity contribution in [2.75, 3.05) is 20.2 Å². The number of piperidine rings is 1. The molecular weight excluding hydrogens is 581 g/mol. The van der Waals surface area contributed by atoms with Crippen LogP contribution in [0.1, 0.15) is 24.0 Å². The van der Waals surface area contributed by atoms with Crippen molar-refractivity contribution in [3.63, 3.8) is 0 Å². The van der Waals surface area contributed by atoms with Crippen molar-refractivity contribution in [3.8, 4) is 28.1 Å². The maximum absolute atomic E-state index is 13.4. The first kappa shape index (κ1) is 29.4. The van der Waals surface area contributed by atoms with E-state index < -0.39 is 5.41 Å². The number of rotatable bonds is 7. The van der Waals surface area contributed by atoms with E-state index >= 15 is 0 Å². The topological polar surface area (TPSA) is 95.5 Å². The summed E-state index contributed by atoms with van der Waals surface area (Å²) in [5, 5.41) is 12.7. The second-order valence-corrected chi connectivity index (χ2v) is 11.8. The third kappa shape index (κ3) is 5.90. The number of aromatic nitrogens is 2. The molecule has 2 N–H and O–H groups in total. The second kappa shape index (κ2) is 12.1. The van der Waals surface area contributed by atoms with Crippen LogP contribution in [0.3, 0.4) is 0 Å². The van der Waals surface area contributed by atoms with Gasteiger partial charge in [0.05, 0.1) is 36.4 Å². The number of likely N-dealkylation sites (tertiary alicyclic amines) is 1. The minimum Gasteiger partial charge on any atom is -0.507 e. The maximum Gasteiger partial charge on any atom is 0.312 e. The summed E-state index contributed by atoms with van der Waals surface area (Å²) < 4.78 is 18.5. The Bertz CT molecular complexity index is 1790. The average Bonchev–Trinajstić information content (AvgIpc) is 3.48. The Morgan fingerprint density at radius 1 is 1.00 bits per heavy atom. The lowest BCUT2D eigenvalue weighted by Gasteiger charge is -2.40. The predicted molar refractivity (Wildman–Crippen MR) is 168 cm³/mol. The summed E-state index contributed by atoms with van der Waals surface area (Å²) in [5.41, 5.74) is 4.44. The van der Waals surface area contributed by atoms with Crippen molar-refractivity contribution in [1.29, 1.82) is 0 Å². The van der Waals surface area contributed by atoms with E-state index in [-0.39, 0.29) is 29.9 Å². The van der Waals surface area contributed by atoms with Gasteiger partial charge >= 0.3 is 5.97 Å². The van der Waals surface area contributed by atoms with Crippen molar-refractivity contribution in [1.82, 2.24) is 14.9 Å². The molecule has 0 atom stereocenters. The molecule has 1 amide bonds. The number of methoxy groups -OCH3 is 1. The van der Waals surface area contributed by atoms with E-state index in [1.165, 1.54) is 19.2 Å². The zero-order valence-corrected chi connectivity index (χ0v) is 24.9. The standard InChI is InChI=1S/C35H31ClFN3O4/c1-44-34(43)35(20-23-4-8-27(37)9-5-23)11-14-40(15-12-35)32(41)16-22-2-6-24(7-3-22)28-18-26(36)19-29(33(28)42)30-17-25-10-13-38-21-31(25)39-30/h2-10,13,17-19,21,39,42H,11-12,14-16,20H2,1H3. The Balaban J connectivity index is 1.14. The van der Waals surface area contributed by atoms with E-state index in [0.717, 1.165) is 33.3 Å². The number of H-pyrrole nitrogens is 1. The van der Waals surface area contributed by atoms with Gasteiger partial charge in [-0.15, -0.1) is 0 Å². The van der Waals surface area contributed by atoms with Crippen LogP contribution in [-0.4, -0.2) is 52.1 Å². The fourth-order valence-corrected chi connectivity index (χ4v) is 6.30. The van der Waals surface area contributed by atoms with Crippen LogP contribution in [-0.2, 0) is 27.2 Å². The average molecular weight is 612 g/mol. The predicted octanol–water partition coefficient (Wildman–Crippen LogP) is 6.96. The zero-order valence-electron chi connectivity index (χ0n) is 24.1. The Hall–Kier alpha value is -4.69. The van der Waals surface area contributed by atoms with Crippen LogP contribution in [0.4, 0.5) is 4.39 Å². The summed E-state index contributed by atoms with van der Waals surface area (Å²) in [7, 11) is 1.37. The Labute approximate surface area is 259 Å². The van der Waals surface area contributed by atoms with Crippen molar-refractivity contribution in [3.05, 3.63) is 107 Å². The Kier molecular flexibility index (Phi) is 8.10. The number of ether oxygens (including phenoxy) is 1. The molecule has 6 rings (SSSR count). The number of esters is 1. The summed E-state index contributed by atoms with van der Waals surface area (Å²) in [6.45, 7) is 0.854. The summed E-state index contributed by atoms with van der Waals surface area (Å²) >= 11 is 6.48. The molecule has 2 aromatic heterocycles. The number of aromatic hydroxyl groups is 1. The molecule has 3 heterocycles. The van der Waals surface area contributed by atoms with Gasteiger partial charge in [-0.25, -0.2) is 4.39 Å². The van der Waals surface area contributed by atoms with Gasteiger partial charge < -0.3 is 19.7 Å². The molecule has 1 fully saturated rings. The Morgan fingerprint density at radius 2 is 1.68 bits per heavy atom. The molecule has 0 spiro atoms. The molecule has 0 bridgehead atoms. The van der Waals surface area contributed by atoms with Gasteiger partial charge in [0.15, 0.2) is 0 Å². The molecule has 9 heteroatoms. The van der Waals surface area contributed by atoms with Crippen LogP contribution in [0.5, 0.6) is 5.75 Å². The SMILES string of the molecule is COC(=O)C1(Cc2ccc(F)cc2)CCN(C(=O)Cc2ccc(-c3cc(Cl)cc(-c4cc5ccncc5[nH]4)c3O)cc2)CC1. The summed E-state index contributed by atoms with van der Waals surface area (Å²) in [4.78, 5) is 35.3. The van der Waals surface area contributed by atoms with Gasteiger partial charge in [0.2, 0.25) is 5.91 Å². The molecule has 0 saturated carbocycles. The molecule has 7 nitrogen and oxygen atoms in total. The van der Waals surface area contributed by atoms with E-state index in [4.69, 9.17) is 16.3 Å². The number of carbonyl (C=O) groups is 2. The normalized spacial score (nSPS) is 14.5. The van der Waals surface area contributed by atoms with Crippen molar-refractivity contribution in [2.24, 2.45) is 5.41 Å². The number of phenolic OH excluding ortho intramolecular Hbond substituents is 1. The van der Waals surface area contributed by atoms with Gasteiger partial charge in [0.1, 0.15) is 11.6 Å². The highest BCUT2D eigenvalue weighted by Crippen LogP contribution is 2.41. The number of nitrogens with one attached hydrogen (secondary N) is 1. The van der Waals surface area contributed by atoms with E-state index in [1.807, 2.05) is 36.4 Å². The molecule has 1 aliphatic rings. The van der Waals surface area contributed by atoms with Gasteiger partial charge in [0.25, 0.3) is 0 Å². The summed E-state index contributed by atoms with van der Waals surface area (Å²) in [5.74, 6) is -0.565. The summed E-state index contributed by atoms with van der Waals surface area (Å²) in [6, 6.07) is 20.9. The highest BCUT2D eigenvalue weighted by atomic mass is 35.5. The minimum absolute atomic E-state index is 0.0285. The van der Waals surface area contributed by atoms with Crippen molar-refractivity contribution < 1.29 is 23.8 Å². The number of hydrogen-bond donors (Lipinski definition) is 2. The van der Waals surface area contributed by atoms with Gasteiger partial charge in [-0.05, 0) is 72.4 Å². The third-order valence-corrected chi connectivity index (χ3v) is 8.77. The number of halogens is 2. The van der Waals surface area contributed by atoms with Gasteiger partial charge in [-0.3, -0.25) is 14.6 Å². The second-order valence-electron chi connectivity index (χ2n) is 11.3. The van der Waals surface area contributed by atoms with Crippen LogP contribution in [0.15, 0.2) is 85.2 Å². The summed E-state index contributed by atoms with van der Waals surface area (Å²) in [6.07, 6.45) is 5.01. The molecule has 0 unspecified atom stereocenters. The first-order valence-electron chi connectivity index (χ1n) is 14.4. The quantitative estimate of drug-likeness (QED) is 0.194. The molecule has 3 aromatic carbocycles. The molecule has 0 radical (unpaired) electrons. The van der Waals surface area contributed by atoms with Gasteiger partial charge in [-0.2, -0.15) is 0 Å². The molecule has 1 aliphatic heterocycles. The van der Waals surface area contributed by atoms with E-state index in [0.29, 0.717) is 48.5 Å². The fourth-order valence-electron chi connectivity index (χ4n) is 6.08. The number of carbonyl (C=O) groups excluding carboxylic acids is 2. The fraction of sp³-hybridized carbons (Fsp3) is 0.229. The third-order valence-electron chi connectivity index (χ3n) is 8.56. The Morgan fingerprint density at radius 3 is 2.36 bits per heavy atom. The molecular formula is C35H31ClFN3O4. The van der Waals surface area contributed by atoms with Crippen LogP contribution >= 0.6 is 11.6 Å². The zero-order chi connectivity index (χ0) is 30.8. The van der Waals surface area contributed by atoms with Crippen LogP contribution in [0, 0.1) is 11.2 Å². The van der Waals surface area contributed by atoms with Crippen LogP contribution in [0.2, 0.25) is 5.02 Å². The lowest BCUT2D eigenvalue weighted by molar-refractivity contribution is -0.157. The number of benzene rings is 3. The molecule has 0 aliphatic carbocycles.